The van der Waals surface area contributed by atoms with Gasteiger partial charge in [-0.2, -0.15) is 8.78 Å². The number of halogens is 2. The lowest BCUT2D eigenvalue weighted by molar-refractivity contribution is -0.224. The topological polar surface area (TPSA) is 71.2 Å². The molecule has 0 unspecified atom stereocenters. The van der Waals surface area contributed by atoms with E-state index < -0.39 is 23.5 Å². The van der Waals surface area contributed by atoms with Crippen LogP contribution in [0.3, 0.4) is 0 Å². The molecule has 2 fully saturated rings. The summed E-state index contributed by atoms with van der Waals surface area (Å²) in [6.07, 6.45) is 3.25. The molecular formula is C16H24F2N4O2. The fraction of sp³-hybridized carbons (Fsp3) is 0.812. The number of nitrogens with zero attached hydrogens (tertiary/aromatic N) is 4. The van der Waals surface area contributed by atoms with Crippen molar-refractivity contribution in [2.75, 3.05) is 6.54 Å². The molecule has 8 heteroatoms. The molecule has 24 heavy (non-hydrogen) atoms. The average molecular weight is 342 g/mol. The van der Waals surface area contributed by atoms with E-state index >= 15 is 0 Å². The van der Waals surface area contributed by atoms with Crippen molar-refractivity contribution in [3.63, 3.8) is 0 Å². The fourth-order valence-corrected chi connectivity index (χ4v) is 3.54. The van der Waals surface area contributed by atoms with Crippen LogP contribution in [0.5, 0.6) is 0 Å². The van der Waals surface area contributed by atoms with Crippen LogP contribution in [0.2, 0.25) is 0 Å². The van der Waals surface area contributed by atoms with Gasteiger partial charge in [-0.05, 0) is 38.0 Å². The van der Waals surface area contributed by atoms with Crippen LogP contribution in [0.15, 0.2) is 6.33 Å². The monoisotopic (exact) mass is 342 g/mol. The number of carbonyl (C=O) groups is 1. The fourth-order valence-electron chi connectivity index (χ4n) is 3.54. The molecule has 0 bridgehead atoms. The smallest absolute Gasteiger partial charge is 0.352 e. The summed E-state index contributed by atoms with van der Waals surface area (Å²) < 4.78 is 30.9. The van der Waals surface area contributed by atoms with Gasteiger partial charge in [-0.25, -0.2) is 0 Å². The molecule has 2 aliphatic rings. The molecule has 1 aromatic heterocycles. The number of aromatic nitrogens is 3. The number of carbonyl (C=O) groups excluding carboxylic acids is 1. The van der Waals surface area contributed by atoms with E-state index in [1.165, 1.54) is 4.90 Å². The molecule has 1 atom stereocenters. The number of hydrogen-bond acceptors (Lipinski definition) is 4. The molecule has 6 nitrogen and oxygen atoms in total. The average Bonchev–Trinajstić information content (AvgIpc) is 3.11. The summed E-state index contributed by atoms with van der Waals surface area (Å²) in [4.78, 5) is 13.7. The normalized spacial score (nSPS) is 23.6. The van der Waals surface area contributed by atoms with Gasteiger partial charge in [0, 0.05) is 13.1 Å². The van der Waals surface area contributed by atoms with E-state index in [-0.39, 0.29) is 19.4 Å². The second-order valence-corrected chi connectivity index (χ2v) is 7.35. The summed E-state index contributed by atoms with van der Waals surface area (Å²) in [7, 11) is 0. The number of likely N-dealkylation sites (tertiary alicyclic amines) is 1. The van der Waals surface area contributed by atoms with E-state index in [1.54, 1.807) is 6.33 Å². The molecule has 1 aromatic rings. The van der Waals surface area contributed by atoms with Crippen LogP contribution < -0.4 is 0 Å². The maximum absolute atomic E-state index is 14.5. The number of amides is 1. The lowest BCUT2D eigenvalue weighted by Crippen LogP contribution is -2.61. The van der Waals surface area contributed by atoms with Crippen molar-refractivity contribution in [2.45, 2.75) is 70.1 Å². The van der Waals surface area contributed by atoms with Gasteiger partial charge in [-0.15, -0.1) is 10.2 Å². The van der Waals surface area contributed by atoms with Crippen LogP contribution in [0.25, 0.3) is 0 Å². The van der Waals surface area contributed by atoms with Gasteiger partial charge in [0.05, 0.1) is 6.04 Å². The van der Waals surface area contributed by atoms with Crippen molar-refractivity contribution < 1.29 is 18.7 Å². The van der Waals surface area contributed by atoms with E-state index in [0.717, 1.165) is 0 Å². The summed E-state index contributed by atoms with van der Waals surface area (Å²) in [6, 6.07) is -0.506. The maximum Gasteiger partial charge on any atom is 0.352 e. The third-order valence-corrected chi connectivity index (χ3v) is 5.05. The van der Waals surface area contributed by atoms with Gasteiger partial charge < -0.3 is 14.6 Å². The van der Waals surface area contributed by atoms with Gasteiger partial charge in [0.25, 0.3) is 5.91 Å². The molecule has 1 aliphatic heterocycles. The van der Waals surface area contributed by atoms with E-state index in [1.807, 2.05) is 18.4 Å². The molecule has 1 N–H and O–H groups in total. The summed E-state index contributed by atoms with van der Waals surface area (Å²) in [5, 5.41) is 18.0. The maximum atomic E-state index is 14.5. The zero-order valence-electron chi connectivity index (χ0n) is 14.1. The van der Waals surface area contributed by atoms with Gasteiger partial charge in [0.1, 0.15) is 11.9 Å². The standard InChI is InChI=1S/C16H24F2N4O2/c1-11(2)9-21-10-19-20-13(21)12-5-3-8-22(12)14(23)16(17,18)15(24)6-4-7-15/h10-12,24H,3-9H2,1-2H3/t12-/m1/s1. The van der Waals surface area contributed by atoms with Gasteiger partial charge in [0.2, 0.25) is 0 Å². The number of rotatable bonds is 5. The second kappa shape index (κ2) is 6.06. The molecule has 2 heterocycles. The zero-order valence-corrected chi connectivity index (χ0v) is 14.1. The minimum absolute atomic E-state index is 0.0339. The molecule has 0 radical (unpaired) electrons. The number of alkyl halides is 2. The van der Waals surface area contributed by atoms with Crippen molar-refractivity contribution >= 4 is 5.91 Å². The Kier molecular flexibility index (Phi) is 4.36. The Hall–Kier alpha value is -1.57. The molecule has 134 valence electrons. The minimum Gasteiger partial charge on any atom is -0.383 e. The van der Waals surface area contributed by atoms with E-state index in [9.17, 15) is 18.7 Å². The third kappa shape index (κ3) is 2.70. The van der Waals surface area contributed by atoms with Crippen LogP contribution in [0.1, 0.15) is 57.8 Å². The minimum atomic E-state index is -3.75. The first-order valence-corrected chi connectivity index (χ1v) is 8.55. The Balaban J connectivity index is 1.83. The molecule has 1 saturated heterocycles. The summed E-state index contributed by atoms with van der Waals surface area (Å²) >= 11 is 0. The Morgan fingerprint density at radius 1 is 1.46 bits per heavy atom. The largest absolute Gasteiger partial charge is 0.383 e. The summed E-state index contributed by atoms with van der Waals surface area (Å²) in [5.41, 5.74) is -2.19. The first-order chi connectivity index (χ1) is 11.3. The molecule has 1 aliphatic carbocycles. The Bertz CT molecular complexity index is 613. The van der Waals surface area contributed by atoms with E-state index in [0.29, 0.717) is 37.5 Å². The first-order valence-electron chi connectivity index (χ1n) is 8.55. The zero-order chi connectivity index (χ0) is 17.5. The van der Waals surface area contributed by atoms with Gasteiger partial charge >= 0.3 is 5.92 Å². The molecule has 0 aromatic carbocycles. The quantitative estimate of drug-likeness (QED) is 0.890. The van der Waals surface area contributed by atoms with Crippen molar-refractivity contribution in [2.24, 2.45) is 5.92 Å². The first kappa shape index (κ1) is 17.3. The number of aliphatic hydroxyl groups is 1. The van der Waals surface area contributed by atoms with Crippen molar-refractivity contribution in [1.82, 2.24) is 19.7 Å². The Morgan fingerprint density at radius 2 is 2.17 bits per heavy atom. The molecular weight excluding hydrogens is 318 g/mol. The van der Waals surface area contributed by atoms with Gasteiger partial charge in [-0.3, -0.25) is 4.79 Å². The highest BCUT2D eigenvalue weighted by atomic mass is 19.3. The van der Waals surface area contributed by atoms with Crippen molar-refractivity contribution in [1.29, 1.82) is 0 Å². The highest BCUT2D eigenvalue weighted by molar-refractivity contribution is 5.85. The Labute approximate surface area is 139 Å². The van der Waals surface area contributed by atoms with Gasteiger partial charge in [0.15, 0.2) is 5.82 Å². The SMILES string of the molecule is CC(C)Cn1cnnc1[C@H]1CCCN1C(=O)C(F)(F)C1(O)CCC1. The van der Waals surface area contributed by atoms with Crippen LogP contribution in [0.4, 0.5) is 8.78 Å². The highest BCUT2D eigenvalue weighted by Gasteiger charge is 2.63. The summed E-state index contributed by atoms with van der Waals surface area (Å²) in [6.45, 7) is 5.01. The summed E-state index contributed by atoms with van der Waals surface area (Å²) in [5.74, 6) is -4.14. The van der Waals surface area contributed by atoms with E-state index in [2.05, 4.69) is 10.2 Å². The molecule has 0 spiro atoms. The van der Waals surface area contributed by atoms with Crippen molar-refractivity contribution in [3.8, 4) is 0 Å². The van der Waals surface area contributed by atoms with Crippen LogP contribution in [0, 0.1) is 5.92 Å². The lowest BCUT2D eigenvalue weighted by Gasteiger charge is -2.43. The van der Waals surface area contributed by atoms with Crippen LogP contribution >= 0.6 is 0 Å². The lowest BCUT2D eigenvalue weighted by atomic mass is 9.75. The predicted molar refractivity (Wildman–Crippen MR) is 82.3 cm³/mol. The van der Waals surface area contributed by atoms with Crippen molar-refractivity contribution in [3.05, 3.63) is 12.2 Å². The van der Waals surface area contributed by atoms with E-state index in [4.69, 9.17) is 0 Å². The van der Waals surface area contributed by atoms with Crippen LogP contribution in [-0.2, 0) is 11.3 Å². The number of hydrogen-bond donors (Lipinski definition) is 1. The molecule has 1 amide bonds. The molecule has 3 rings (SSSR count). The predicted octanol–water partition coefficient (Wildman–Crippen LogP) is 2.15. The highest BCUT2D eigenvalue weighted by Crippen LogP contribution is 2.46. The van der Waals surface area contributed by atoms with Gasteiger partial charge in [-0.1, -0.05) is 13.8 Å². The Morgan fingerprint density at radius 3 is 2.75 bits per heavy atom. The second-order valence-electron chi connectivity index (χ2n) is 7.35. The van der Waals surface area contributed by atoms with Crippen LogP contribution in [-0.4, -0.2) is 48.7 Å². The third-order valence-electron chi connectivity index (χ3n) is 5.05. The molecule has 1 saturated carbocycles.